The van der Waals surface area contributed by atoms with Crippen LogP contribution in [0.25, 0.3) is 116 Å². The van der Waals surface area contributed by atoms with Crippen LogP contribution in [0.1, 0.15) is 0 Å². The van der Waals surface area contributed by atoms with Gasteiger partial charge in [0.2, 0.25) is 0 Å². The highest BCUT2D eigenvalue weighted by Gasteiger charge is 2.18. The Morgan fingerprint density at radius 1 is 0.258 bits per heavy atom. The molecule has 0 radical (unpaired) electrons. The van der Waals surface area contributed by atoms with Crippen molar-refractivity contribution >= 4 is 43.7 Å². The van der Waals surface area contributed by atoms with E-state index in [1.807, 2.05) is 6.07 Å². The fraction of sp³-hybridized carbons (Fsp3) is 0. The lowest BCUT2D eigenvalue weighted by atomic mass is 9.91. The van der Waals surface area contributed by atoms with E-state index in [-0.39, 0.29) is 0 Å². The number of nitrogens with zero attached hydrogens (tertiary/aromatic N) is 1. The molecular formula is C60H39NO. The molecule has 0 spiro atoms. The molecule has 2 aromatic heterocycles. The Hall–Kier alpha value is -8.20. The van der Waals surface area contributed by atoms with Crippen LogP contribution in [-0.2, 0) is 0 Å². The van der Waals surface area contributed by atoms with Crippen molar-refractivity contribution in [3.63, 3.8) is 0 Å². The first-order chi connectivity index (χ1) is 30.7. The zero-order valence-electron chi connectivity index (χ0n) is 33.9. The molecule has 0 fully saturated rings. The van der Waals surface area contributed by atoms with Gasteiger partial charge < -0.3 is 8.98 Å². The van der Waals surface area contributed by atoms with Crippen molar-refractivity contribution in [2.45, 2.75) is 0 Å². The maximum atomic E-state index is 6.64. The normalized spacial score (nSPS) is 11.5. The van der Waals surface area contributed by atoms with E-state index in [1.165, 1.54) is 49.7 Å². The number of hydrogen-bond acceptors (Lipinski definition) is 1. The number of fused-ring (bicyclic) bond motifs is 6. The van der Waals surface area contributed by atoms with Gasteiger partial charge >= 0.3 is 0 Å². The van der Waals surface area contributed by atoms with Crippen molar-refractivity contribution in [2.75, 3.05) is 0 Å². The van der Waals surface area contributed by atoms with Gasteiger partial charge in [-0.15, -0.1) is 0 Å². The maximum Gasteiger partial charge on any atom is 0.143 e. The lowest BCUT2D eigenvalue weighted by molar-refractivity contribution is 0.670. The van der Waals surface area contributed by atoms with Crippen molar-refractivity contribution in [3.05, 3.63) is 237 Å². The molecular weight excluding hydrogens is 751 g/mol. The molecule has 62 heavy (non-hydrogen) atoms. The minimum absolute atomic E-state index is 0.895. The van der Waals surface area contributed by atoms with Crippen LogP contribution in [0.5, 0.6) is 0 Å². The summed E-state index contributed by atoms with van der Waals surface area (Å²) in [5, 5.41) is 4.68. The van der Waals surface area contributed by atoms with Gasteiger partial charge in [0, 0.05) is 32.8 Å². The number of para-hydroxylation sites is 2. The monoisotopic (exact) mass is 789 g/mol. The smallest absolute Gasteiger partial charge is 0.143 e. The first kappa shape index (κ1) is 35.7. The van der Waals surface area contributed by atoms with E-state index < -0.39 is 0 Å². The van der Waals surface area contributed by atoms with Crippen LogP contribution in [0.2, 0.25) is 0 Å². The van der Waals surface area contributed by atoms with Gasteiger partial charge in [0.25, 0.3) is 0 Å². The predicted octanol–water partition coefficient (Wildman–Crippen LogP) is 16.7. The van der Waals surface area contributed by atoms with E-state index >= 15 is 0 Å². The Balaban J connectivity index is 1.09. The van der Waals surface area contributed by atoms with Crippen LogP contribution in [0, 0.1) is 0 Å². The highest BCUT2D eigenvalue weighted by Crippen LogP contribution is 2.42. The van der Waals surface area contributed by atoms with Crippen molar-refractivity contribution in [1.29, 1.82) is 0 Å². The summed E-state index contributed by atoms with van der Waals surface area (Å²) in [5.41, 5.74) is 19.2. The second kappa shape index (κ2) is 14.8. The maximum absolute atomic E-state index is 6.64. The number of rotatable bonds is 7. The third-order valence-electron chi connectivity index (χ3n) is 12.4. The van der Waals surface area contributed by atoms with Crippen LogP contribution >= 0.6 is 0 Å². The molecule has 0 unspecified atom stereocenters. The standard InChI is InChI=1S/C60H39NO/c1-4-15-40(16-5-1)43-21-12-22-44(33-43)48-34-49(36-50(35-48)52-26-14-27-55-54-25-10-11-28-59(54)62-60(52)55)47-29-31-53-56-38-46(42-19-8-3-9-20-42)30-32-57(56)61(58(53)39-47)51-24-13-23-45(37-51)41-17-6-2-7-18-41/h1-39H. The fourth-order valence-electron chi connectivity index (χ4n) is 9.34. The van der Waals surface area contributed by atoms with Gasteiger partial charge in [-0.1, -0.05) is 176 Å². The quantitative estimate of drug-likeness (QED) is 0.157. The van der Waals surface area contributed by atoms with Gasteiger partial charge in [-0.25, -0.2) is 0 Å². The zero-order valence-corrected chi connectivity index (χ0v) is 33.9. The average Bonchev–Trinajstić information content (AvgIpc) is 3.90. The van der Waals surface area contributed by atoms with Gasteiger partial charge in [0.1, 0.15) is 11.2 Å². The van der Waals surface area contributed by atoms with Crippen LogP contribution in [0.3, 0.4) is 0 Å². The van der Waals surface area contributed by atoms with E-state index in [9.17, 15) is 0 Å². The molecule has 12 rings (SSSR count). The molecule has 12 aromatic rings. The van der Waals surface area contributed by atoms with Gasteiger partial charge in [0.15, 0.2) is 0 Å². The van der Waals surface area contributed by atoms with Crippen molar-refractivity contribution in [1.82, 2.24) is 4.57 Å². The van der Waals surface area contributed by atoms with Crippen LogP contribution < -0.4 is 0 Å². The molecule has 0 atom stereocenters. The first-order valence-electron chi connectivity index (χ1n) is 21.2. The Morgan fingerprint density at radius 3 is 1.47 bits per heavy atom. The molecule has 0 saturated heterocycles. The third-order valence-corrected chi connectivity index (χ3v) is 12.4. The Bertz CT molecular complexity index is 3610. The first-order valence-corrected chi connectivity index (χ1v) is 21.2. The topological polar surface area (TPSA) is 18.1 Å². The molecule has 2 heteroatoms. The minimum Gasteiger partial charge on any atom is -0.455 e. The molecule has 2 heterocycles. The predicted molar refractivity (Wildman–Crippen MR) is 261 cm³/mol. The molecule has 0 bridgehead atoms. The van der Waals surface area contributed by atoms with Crippen LogP contribution in [0.15, 0.2) is 241 Å². The van der Waals surface area contributed by atoms with Gasteiger partial charge in [-0.3, -0.25) is 0 Å². The fourth-order valence-corrected chi connectivity index (χ4v) is 9.34. The highest BCUT2D eigenvalue weighted by molar-refractivity contribution is 6.12. The van der Waals surface area contributed by atoms with E-state index in [1.54, 1.807) is 0 Å². The lowest BCUT2D eigenvalue weighted by Crippen LogP contribution is -1.95. The summed E-state index contributed by atoms with van der Waals surface area (Å²) < 4.78 is 9.09. The summed E-state index contributed by atoms with van der Waals surface area (Å²) >= 11 is 0. The summed E-state index contributed by atoms with van der Waals surface area (Å²) in [6.07, 6.45) is 0. The molecule has 290 valence electrons. The number of hydrogen-bond donors (Lipinski definition) is 0. The molecule has 2 nitrogen and oxygen atoms in total. The summed E-state index contributed by atoms with van der Waals surface area (Å²) in [5.74, 6) is 0. The number of benzene rings is 10. The largest absolute Gasteiger partial charge is 0.455 e. The molecule has 0 saturated carbocycles. The summed E-state index contributed by atoms with van der Waals surface area (Å²) in [6.45, 7) is 0. The van der Waals surface area contributed by atoms with Crippen molar-refractivity contribution in [2.24, 2.45) is 0 Å². The Morgan fingerprint density at radius 2 is 0.758 bits per heavy atom. The highest BCUT2D eigenvalue weighted by atomic mass is 16.3. The molecule has 10 aromatic carbocycles. The number of aromatic nitrogens is 1. The molecule has 0 aliphatic rings. The Kier molecular flexibility index (Phi) is 8.53. The lowest BCUT2D eigenvalue weighted by Gasteiger charge is -2.14. The van der Waals surface area contributed by atoms with Gasteiger partial charge in [-0.2, -0.15) is 0 Å². The zero-order chi connectivity index (χ0) is 41.0. The second-order valence-electron chi connectivity index (χ2n) is 16.1. The third kappa shape index (κ3) is 6.20. The molecule has 0 aliphatic carbocycles. The summed E-state index contributed by atoms with van der Waals surface area (Å²) in [7, 11) is 0. The molecule has 0 aliphatic heterocycles. The van der Waals surface area contributed by atoms with E-state index in [2.05, 4.69) is 235 Å². The SMILES string of the molecule is c1ccc(-c2cccc(-c3cc(-c4ccc5c6cc(-c7ccccc7)ccc6n(-c6cccc(-c7ccccc7)c6)c5c4)cc(-c4cccc5c4oc4ccccc45)c3)c2)cc1. The van der Waals surface area contributed by atoms with E-state index in [0.717, 1.165) is 66.5 Å². The van der Waals surface area contributed by atoms with Crippen molar-refractivity contribution < 1.29 is 4.42 Å². The number of furan rings is 1. The summed E-state index contributed by atoms with van der Waals surface area (Å²) in [6, 6.07) is 85.5. The van der Waals surface area contributed by atoms with E-state index in [4.69, 9.17) is 4.42 Å². The minimum atomic E-state index is 0.895. The average molecular weight is 790 g/mol. The van der Waals surface area contributed by atoms with Crippen LogP contribution in [0.4, 0.5) is 0 Å². The van der Waals surface area contributed by atoms with Crippen molar-refractivity contribution in [3.8, 4) is 72.4 Å². The van der Waals surface area contributed by atoms with Gasteiger partial charge in [-0.05, 0) is 122 Å². The van der Waals surface area contributed by atoms with E-state index in [0.29, 0.717) is 0 Å². The second-order valence-corrected chi connectivity index (χ2v) is 16.1. The molecule has 0 N–H and O–H groups in total. The molecule has 0 amide bonds. The summed E-state index contributed by atoms with van der Waals surface area (Å²) in [4.78, 5) is 0. The van der Waals surface area contributed by atoms with Crippen LogP contribution in [-0.4, -0.2) is 4.57 Å². The van der Waals surface area contributed by atoms with Gasteiger partial charge in [0.05, 0.1) is 11.0 Å². The Labute approximate surface area is 360 Å².